The zero-order valence-electron chi connectivity index (χ0n) is 16.7. The molecule has 0 fully saturated rings. The van der Waals surface area contributed by atoms with E-state index in [9.17, 15) is 0 Å². The predicted molar refractivity (Wildman–Crippen MR) is 121 cm³/mol. The van der Waals surface area contributed by atoms with Crippen molar-refractivity contribution in [2.45, 2.75) is 13.8 Å². The lowest BCUT2D eigenvalue weighted by molar-refractivity contribution is 1.01. The van der Waals surface area contributed by atoms with Crippen molar-refractivity contribution in [1.29, 1.82) is 0 Å². The molecule has 0 spiro atoms. The summed E-state index contributed by atoms with van der Waals surface area (Å²) in [7, 11) is 4.38. The van der Waals surface area contributed by atoms with Crippen molar-refractivity contribution >= 4 is 54.4 Å². The lowest BCUT2D eigenvalue weighted by atomic mass is 10.0. The van der Waals surface area contributed by atoms with E-state index in [1.54, 1.807) is 0 Å². The molecule has 0 amide bonds. The second-order valence-corrected chi connectivity index (χ2v) is 8.18. The Kier molecular flexibility index (Phi) is 2.91. The van der Waals surface area contributed by atoms with Gasteiger partial charge in [0.05, 0.1) is 11.0 Å². The van der Waals surface area contributed by atoms with Crippen molar-refractivity contribution in [3.05, 3.63) is 71.8 Å². The number of aromatic nitrogens is 2. The summed E-state index contributed by atoms with van der Waals surface area (Å²) in [6, 6.07) is 22.7. The Hall–Kier alpha value is -3.26. The van der Waals surface area contributed by atoms with Gasteiger partial charge in [0.1, 0.15) is 0 Å². The smallest absolute Gasteiger partial charge is 0.0569 e. The molecule has 136 valence electrons. The Bertz CT molecular complexity index is 1470. The first-order valence-electron chi connectivity index (χ1n) is 9.84. The number of fused-ring (bicyclic) bond motifs is 9. The average molecular weight is 362 g/mol. The highest BCUT2D eigenvalue weighted by atomic mass is 14.9. The summed E-state index contributed by atoms with van der Waals surface area (Å²) in [4.78, 5) is 0. The van der Waals surface area contributed by atoms with E-state index < -0.39 is 0 Å². The Morgan fingerprint density at radius 2 is 0.821 bits per heavy atom. The molecular formula is C26H22N2. The summed E-state index contributed by atoms with van der Waals surface area (Å²) in [5, 5.41) is 8.00. The van der Waals surface area contributed by atoms with E-state index in [0.29, 0.717) is 0 Å². The van der Waals surface area contributed by atoms with Gasteiger partial charge in [0.2, 0.25) is 0 Å². The van der Waals surface area contributed by atoms with Crippen LogP contribution < -0.4 is 0 Å². The number of nitrogens with zero attached hydrogens (tertiary/aromatic N) is 2. The third-order valence-electron chi connectivity index (χ3n) is 6.42. The molecule has 0 radical (unpaired) electrons. The van der Waals surface area contributed by atoms with E-state index in [-0.39, 0.29) is 0 Å². The van der Waals surface area contributed by atoms with E-state index in [0.717, 1.165) is 0 Å². The molecule has 6 rings (SSSR count). The number of rotatable bonds is 0. The normalized spacial score (nSPS) is 12.3. The molecule has 2 heterocycles. The molecule has 0 saturated carbocycles. The van der Waals surface area contributed by atoms with Crippen molar-refractivity contribution in [3.8, 4) is 0 Å². The van der Waals surface area contributed by atoms with Crippen molar-refractivity contribution < 1.29 is 0 Å². The van der Waals surface area contributed by atoms with Crippen LogP contribution in [0.4, 0.5) is 0 Å². The van der Waals surface area contributed by atoms with Crippen LogP contribution in [0.1, 0.15) is 11.1 Å². The Labute approximate surface area is 163 Å². The van der Waals surface area contributed by atoms with Gasteiger partial charge in [-0.2, -0.15) is 0 Å². The summed E-state index contributed by atoms with van der Waals surface area (Å²) in [6.45, 7) is 4.33. The van der Waals surface area contributed by atoms with Crippen LogP contribution in [0.2, 0.25) is 0 Å². The Balaban J connectivity index is 1.87. The van der Waals surface area contributed by atoms with Crippen molar-refractivity contribution in [2.75, 3.05) is 0 Å². The highest BCUT2D eigenvalue weighted by Crippen LogP contribution is 2.39. The summed E-state index contributed by atoms with van der Waals surface area (Å²) >= 11 is 0. The molecule has 2 heteroatoms. The molecule has 2 nitrogen and oxygen atoms in total. The third-order valence-corrected chi connectivity index (χ3v) is 6.42. The molecule has 0 N–H and O–H groups in total. The fourth-order valence-electron chi connectivity index (χ4n) is 5.09. The second-order valence-electron chi connectivity index (χ2n) is 8.18. The van der Waals surface area contributed by atoms with E-state index >= 15 is 0 Å². The van der Waals surface area contributed by atoms with Crippen molar-refractivity contribution in [1.82, 2.24) is 9.13 Å². The van der Waals surface area contributed by atoms with Crippen LogP contribution in [0.5, 0.6) is 0 Å². The second kappa shape index (κ2) is 5.17. The molecular weight excluding hydrogens is 340 g/mol. The van der Waals surface area contributed by atoms with Gasteiger partial charge < -0.3 is 9.13 Å². The van der Waals surface area contributed by atoms with Crippen LogP contribution in [0.3, 0.4) is 0 Å². The largest absolute Gasteiger partial charge is 0.343 e. The lowest BCUT2D eigenvalue weighted by Gasteiger charge is -2.07. The number of hydrogen-bond donors (Lipinski definition) is 0. The zero-order chi connectivity index (χ0) is 19.2. The molecule has 4 aromatic carbocycles. The van der Waals surface area contributed by atoms with Gasteiger partial charge in [0.15, 0.2) is 0 Å². The van der Waals surface area contributed by atoms with Gasteiger partial charge in [0, 0.05) is 57.4 Å². The fourth-order valence-corrected chi connectivity index (χ4v) is 5.09. The van der Waals surface area contributed by atoms with Gasteiger partial charge >= 0.3 is 0 Å². The van der Waals surface area contributed by atoms with Crippen LogP contribution >= 0.6 is 0 Å². The van der Waals surface area contributed by atoms with Crippen LogP contribution in [0.15, 0.2) is 60.7 Å². The maximum atomic E-state index is 2.35. The quantitative estimate of drug-likeness (QED) is 0.283. The summed E-state index contributed by atoms with van der Waals surface area (Å²) in [6.07, 6.45) is 0. The van der Waals surface area contributed by atoms with Crippen molar-refractivity contribution in [3.63, 3.8) is 0 Å². The first-order chi connectivity index (χ1) is 13.5. The first-order valence-corrected chi connectivity index (χ1v) is 9.84. The molecule has 0 aliphatic rings. The fraction of sp³-hybridized carbons (Fsp3) is 0.154. The van der Waals surface area contributed by atoms with E-state index in [4.69, 9.17) is 0 Å². The minimum Gasteiger partial charge on any atom is -0.343 e. The minimum atomic E-state index is 1.29. The third kappa shape index (κ3) is 1.83. The van der Waals surface area contributed by atoms with Crippen molar-refractivity contribution in [2.24, 2.45) is 14.1 Å². The van der Waals surface area contributed by atoms with Crippen LogP contribution in [0, 0.1) is 13.8 Å². The molecule has 0 aliphatic heterocycles. The number of benzene rings is 4. The van der Waals surface area contributed by atoms with Gasteiger partial charge in [-0.05, 0) is 38.1 Å². The van der Waals surface area contributed by atoms with Gasteiger partial charge in [0.25, 0.3) is 0 Å². The minimum absolute atomic E-state index is 1.29. The SMILES string of the molecule is Cc1ccc2c(c1)c1ccc3c(ccc4c5cc(C)ccc5n(C)c43)c1n2C. The van der Waals surface area contributed by atoms with E-state index in [1.165, 1.54) is 65.5 Å². The zero-order valence-corrected chi connectivity index (χ0v) is 16.7. The van der Waals surface area contributed by atoms with Gasteiger partial charge in [-0.1, -0.05) is 47.5 Å². The average Bonchev–Trinajstić information content (AvgIpc) is 3.14. The molecule has 6 aromatic rings. The summed E-state index contributed by atoms with van der Waals surface area (Å²) in [5.74, 6) is 0. The van der Waals surface area contributed by atoms with Gasteiger partial charge in [-0.3, -0.25) is 0 Å². The monoisotopic (exact) mass is 362 g/mol. The molecule has 0 unspecified atom stereocenters. The Morgan fingerprint density at radius 1 is 0.464 bits per heavy atom. The number of aryl methyl sites for hydroxylation is 4. The first kappa shape index (κ1) is 15.8. The van der Waals surface area contributed by atoms with Crippen LogP contribution in [-0.2, 0) is 14.1 Å². The van der Waals surface area contributed by atoms with Gasteiger partial charge in [-0.25, -0.2) is 0 Å². The molecule has 2 aromatic heterocycles. The highest BCUT2D eigenvalue weighted by Gasteiger charge is 2.16. The molecule has 0 aliphatic carbocycles. The molecule has 0 bridgehead atoms. The summed E-state index contributed by atoms with van der Waals surface area (Å²) in [5.41, 5.74) is 7.84. The maximum Gasteiger partial charge on any atom is 0.0569 e. The molecule has 0 atom stereocenters. The summed E-state index contributed by atoms with van der Waals surface area (Å²) < 4.78 is 4.70. The van der Waals surface area contributed by atoms with Gasteiger partial charge in [-0.15, -0.1) is 0 Å². The predicted octanol–water partition coefficient (Wildman–Crippen LogP) is 6.75. The molecule has 28 heavy (non-hydrogen) atoms. The van der Waals surface area contributed by atoms with Crippen LogP contribution in [0.25, 0.3) is 54.4 Å². The number of hydrogen-bond acceptors (Lipinski definition) is 0. The van der Waals surface area contributed by atoms with E-state index in [2.05, 4.69) is 97.7 Å². The topological polar surface area (TPSA) is 9.86 Å². The lowest BCUT2D eigenvalue weighted by Crippen LogP contribution is -1.91. The standard InChI is InChI=1S/C26H22N2/c1-15-5-11-23-21(13-15)19-9-7-18-17(25(19)27(23)3)8-10-20-22-14-16(2)6-12-24(22)28(4)26(18)20/h5-14H,1-4H3. The molecule has 0 saturated heterocycles. The Morgan fingerprint density at radius 3 is 1.21 bits per heavy atom. The highest BCUT2D eigenvalue weighted by molar-refractivity contribution is 6.25. The maximum absolute atomic E-state index is 2.35. The van der Waals surface area contributed by atoms with E-state index in [1.807, 2.05) is 0 Å². The van der Waals surface area contributed by atoms with Crippen LogP contribution in [-0.4, -0.2) is 9.13 Å².